The summed E-state index contributed by atoms with van der Waals surface area (Å²) >= 11 is 0. The molecule has 8 nitrogen and oxygen atoms in total. The van der Waals surface area contributed by atoms with Gasteiger partial charge in [0.1, 0.15) is 5.69 Å². The number of rotatable bonds is 6. The number of ether oxygens (including phenoxy) is 1. The van der Waals surface area contributed by atoms with Crippen molar-refractivity contribution in [2.24, 2.45) is 0 Å². The fourth-order valence-corrected chi connectivity index (χ4v) is 3.03. The van der Waals surface area contributed by atoms with Crippen LogP contribution in [0, 0.1) is 10.1 Å². The Kier molecular flexibility index (Phi) is 5.96. The first kappa shape index (κ1) is 20.8. The Morgan fingerprint density at radius 2 is 1.77 bits per heavy atom. The van der Waals surface area contributed by atoms with Crippen molar-refractivity contribution in [1.82, 2.24) is 0 Å². The van der Waals surface area contributed by atoms with Crippen molar-refractivity contribution in [3.05, 3.63) is 76.3 Å². The van der Waals surface area contributed by atoms with E-state index in [1.807, 2.05) is 36.4 Å². The normalized spacial score (nSPS) is 11.6. The van der Waals surface area contributed by atoms with Crippen LogP contribution in [-0.2, 0) is 9.53 Å². The van der Waals surface area contributed by atoms with Gasteiger partial charge in [-0.15, -0.1) is 0 Å². The predicted octanol–water partition coefficient (Wildman–Crippen LogP) is 4.00. The van der Waals surface area contributed by atoms with Crippen LogP contribution in [0.15, 0.2) is 60.7 Å². The number of benzene rings is 3. The van der Waals surface area contributed by atoms with Crippen LogP contribution in [0.4, 0.5) is 17.1 Å². The number of nitro benzene ring substituents is 1. The van der Waals surface area contributed by atoms with Crippen molar-refractivity contribution in [3.8, 4) is 0 Å². The molecule has 0 fully saturated rings. The number of carbonyl (C=O) groups excluding carboxylic acids is 2. The Hall–Kier alpha value is -3.94. The van der Waals surface area contributed by atoms with E-state index < -0.39 is 22.9 Å². The van der Waals surface area contributed by atoms with Gasteiger partial charge in [-0.05, 0) is 30.5 Å². The van der Waals surface area contributed by atoms with E-state index in [-0.39, 0.29) is 11.3 Å². The molecule has 1 unspecified atom stereocenters. The number of fused-ring (bicyclic) bond motifs is 1. The summed E-state index contributed by atoms with van der Waals surface area (Å²) in [5.41, 5.74) is 0.740. The molecular formula is C22H21N3O5. The summed E-state index contributed by atoms with van der Waals surface area (Å²) in [6, 6.07) is 17.1. The third kappa shape index (κ3) is 4.38. The summed E-state index contributed by atoms with van der Waals surface area (Å²) in [7, 11) is 3.33. The van der Waals surface area contributed by atoms with Crippen LogP contribution in [0.5, 0.6) is 0 Å². The maximum atomic E-state index is 12.5. The van der Waals surface area contributed by atoms with E-state index in [0.29, 0.717) is 11.4 Å². The summed E-state index contributed by atoms with van der Waals surface area (Å²) < 4.78 is 5.23. The standard InChI is InChI=1S/C22H21N3O5/c1-14(21(26)23-18-10-6-8-15-7-4-5-9-17(15)18)30-22(27)16-11-12-19(24(2)3)20(13-16)25(28)29/h4-14H,1-3H3,(H,23,26). The van der Waals surface area contributed by atoms with Crippen molar-refractivity contribution in [3.63, 3.8) is 0 Å². The van der Waals surface area contributed by atoms with Crippen LogP contribution < -0.4 is 10.2 Å². The van der Waals surface area contributed by atoms with Crippen molar-refractivity contribution in [1.29, 1.82) is 0 Å². The van der Waals surface area contributed by atoms with Crippen molar-refractivity contribution in [2.45, 2.75) is 13.0 Å². The third-order valence-electron chi connectivity index (χ3n) is 4.59. The molecule has 3 aromatic carbocycles. The molecule has 0 aliphatic rings. The van der Waals surface area contributed by atoms with Gasteiger partial charge < -0.3 is 15.0 Å². The van der Waals surface area contributed by atoms with Gasteiger partial charge in [-0.3, -0.25) is 14.9 Å². The highest BCUT2D eigenvalue weighted by Gasteiger charge is 2.23. The molecule has 0 aliphatic carbocycles. The molecule has 0 radical (unpaired) electrons. The summed E-state index contributed by atoms with van der Waals surface area (Å²) in [5, 5.41) is 15.9. The van der Waals surface area contributed by atoms with Gasteiger partial charge in [0.25, 0.3) is 11.6 Å². The number of anilines is 2. The van der Waals surface area contributed by atoms with Gasteiger partial charge in [0, 0.05) is 31.2 Å². The van der Waals surface area contributed by atoms with Crippen molar-refractivity contribution in [2.75, 3.05) is 24.3 Å². The number of hydrogen-bond acceptors (Lipinski definition) is 6. The number of nitro groups is 1. The highest BCUT2D eigenvalue weighted by molar-refractivity contribution is 6.04. The van der Waals surface area contributed by atoms with Crippen LogP contribution in [-0.4, -0.2) is 37.0 Å². The van der Waals surface area contributed by atoms with Crippen LogP contribution in [0.2, 0.25) is 0 Å². The zero-order valence-electron chi connectivity index (χ0n) is 16.8. The summed E-state index contributed by atoms with van der Waals surface area (Å²) in [6.45, 7) is 1.45. The molecule has 0 saturated carbocycles. The van der Waals surface area contributed by atoms with E-state index >= 15 is 0 Å². The van der Waals surface area contributed by atoms with Crippen LogP contribution in [0.1, 0.15) is 17.3 Å². The van der Waals surface area contributed by atoms with E-state index in [1.54, 1.807) is 25.1 Å². The highest BCUT2D eigenvalue weighted by atomic mass is 16.6. The zero-order valence-corrected chi connectivity index (χ0v) is 16.8. The minimum Gasteiger partial charge on any atom is -0.449 e. The first-order valence-electron chi connectivity index (χ1n) is 9.23. The van der Waals surface area contributed by atoms with Crippen LogP contribution >= 0.6 is 0 Å². The molecular weight excluding hydrogens is 386 g/mol. The number of esters is 1. The number of carbonyl (C=O) groups is 2. The number of nitrogens with zero attached hydrogens (tertiary/aromatic N) is 2. The quantitative estimate of drug-likeness (QED) is 0.376. The van der Waals surface area contributed by atoms with E-state index in [1.165, 1.54) is 19.1 Å². The van der Waals surface area contributed by atoms with Gasteiger partial charge in [-0.25, -0.2) is 4.79 Å². The van der Waals surface area contributed by atoms with Crippen molar-refractivity contribution >= 4 is 39.7 Å². The Balaban J connectivity index is 1.74. The van der Waals surface area contributed by atoms with Gasteiger partial charge in [0.15, 0.2) is 6.10 Å². The molecule has 0 bridgehead atoms. The summed E-state index contributed by atoms with van der Waals surface area (Å²) in [6.07, 6.45) is -1.09. The number of amides is 1. The molecule has 0 spiro atoms. The monoisotopic (exact) mass is 407 g/mol. The molecule has 8 heteroatoms. The third-order valence-corrected chi connectivity index (χ3v) is 4.59. The van der Waals surface area contributed by atoms with Gasteiger partial charge in [-0.2, -0.15) is 0 Å². The van der Waals surface area contributed by atoms with E-state index in [9.17, 15) is 19.7 Å². The topological polar surface area (TPSA) is 102 Å². The van der Waals surface area contributed by atoms with Crippen molar-refractivity contribution < 1.29 is 19.2 Å². The smallest absolute Gasteiger partial charge is 0.339 e. The van der Waals surface area contributed by atoms with Gasteiger partial charge in [0.2, 0.25) is 0 Å². The average Bonchev–Trinajstić information content (AvgIpc) is 2.73. The Bertz CT molecular complexity index is 1120. The molecule has 0 saturated heterocycles. The molecule has 1 atom stereocenters. The summed E-state index contributed by atoms with van der Waals surface area (Å²) in [5.74, 6) is -1.32. The number of nitrogens with one attached hydrogen (secondary N) is 1. The SMILES string of the molecule is CC(OC(=O)c1ccc(N(C)C)c([N+](=O)[O-])c1)C(=O)Nc1cccc2ccccc12. The Morgan fingerprint density at radius 3 is 2.47 bits per heavy atom. The Morgan fingerprint density at radius 1 is 1.07 bits per heavy atom. The maximum Gasteiger partial charge on any atom is 0.339 e. The zero-order chi connectivity index (χ0) is 21.8. The predicted molar refractivity (Wildman–Crippen MR) is 115 cm³/mol. The highest BCUT2D eigenvalue weighted by Crippen LogP contribution is 2.28. The van der Waals surface area contributed by atoms with E-state index in [2.05, 4.69) is 5.32 Å². The van der Waals surface area contributed by atoms with E-state index in [0.717, 1.165) is 16.8 Å². The fourth-order valence-electron chi connectivity index (χ4n) is 3.03. The lowest BCUT2D eigenvalue weighted by atomic mass is 10.1. The molecule has 154 valence electrons. The molecule has 3 aromatic rings. The molecule has 0 heterocycles. The second kappa shape index (κ2) is 8.60. The molecule has 30 heavy (non-hydrogen) atoms. The minimum atomic E-state index is -1.09. The lowest BCUT2D eigenvalue weighted by molar-refractivity contribution is -0.384. The first-order valence-corrected chi connectivity index (χ1v) is 9.23. The summed E-state index contributed by atoms with van der Waals surface area (Å²) in [4.78, 5) is 37.3. The molecule has 1 N–H and O–H groups in total. The average molecular weight is 407 g/mol. The largest absolute Gasteiger partial charge is 0.449 e. The van der Waals surface area contributed by atoms with Crippen LogP contribution in [0.3, 0.4) is 0 Å². The first-order chi connectivity index (χ1) is 14.3. The van der Waals surface area contributed by atoms with E-state index in [4.69, 9.17) is 4.74 Å². The Labute approximate surface area is 173 Å². The second-order valence-corrected chi connectivity index (χ2v) is 6.92. The van der Waals surface area contributed by atoms with Gasteiger partial charge >= 0.3 is 5.97 Å². The second-order valence-electron chi connectivity index (χ2n) is 6.92. The molecule has 0 aromatic heterocycles. The lowest BCUT2D eigenvalue weighted by Gasteiger charge is -2.16. The molecule has 1 amide bonds. The molecule has 3 rings (SSSR count). The minimum absolute atomic E-state index is 0.00268. The van der Waals surface area contributed by atoms with Gasteiger partial charge in [0.05, 0.1) is 10.5 Å². The molecule has 0 aliphatic heterocycles. The number of hydrogen-bond donors (Lipinski definition) is 1. The van der Waals surface area contributed by atoms with Gasteiger partial charge in [-0.1, -0.05) is 36.4 Å². The maximum absolute atomic E-state index is 12.5. The fraction of sp³-hybridized carbons (Fsp3) is 0.182. The van der Waals surface area contributed by atoms with Crippen LogP contribution in [0.25, 0.3) is 10.8 Å². The lowest BCUT2D eigenvalue weighted by Crippen LogP contribution is -2.30.